The van der Waals surface area contributed by atoms with Gasteiger partial charge in [0.05, 0.1) is 5.69 Å². The molecule has 0 spiro atoms. The number of hydrogen-bond donors (Lipinski definition) is 1. The highest BCUT2D eigenvalue weighted by Crippen LogP contribution is 2.34. The number of hydrogen-bond acceptors (Lipinski definition) is 3. The van der Waals surface area contributed by atoms with E-state index in [4.69, 9.17) is 12.2 Å². The second kappa shape index (κ2) is 5.24. The van der Waals surface area contributed by atoms with Crippen LogP contribution in [0.4, 0.5) is 13.2 Å². The van der Waals surface area contributed by atoms with Gasteiger partial charge in [-0.2, -0.15) is 5.10 Å². The van der Waals surface area contributed by atoms with Crippen molar-refractivity contribution < 1.29 is 17.9 Å². The van der Waals surface area contributed by atoms with Crippen LogP contribution in [0.25, 0.3) is 11.3 Å². The molecule has 1 aromatic carbocycles. The van der Waals surface area contributed by atoms with Crippen molar-refractivity contribution in [2.24, 2.45) is 0 Å². The predicted octanol–water partition coefficient (Wildman–Crippen LogP) is 4.32. The van der Waals surface area contributed by atoms with E-state index in [0.29, 0.717) is 15.9 Å². The van der Waals surface area contributed by atoms with Crippen LogP contribution in [-0.4, -0.2) is 16.6 Å². The highest BCUT2D eigenvalue weighted by molar-refractivity contribution is 7.71. The van der Waals surface area contributed by atoms with Crippen molar-refractivity contribution >= 4 is 12.2 Å². The number of nitrogens with one attached hydrogen (secondary N) is 1. The molecule has 0 aliphatic heterocycles. The molecular weight excluding hydrogens is 289 g/mol. The van der Waals surface area contributed by atoms with Crippen molar-refractivity contribution in [3.05, 3.63) is 40.0 Å². The Balaban J connectivity index is 2.59. The van der Waals surface area contributed by atoms with Gasteiger partial charge >= 0.3 is 6.36 Å². The van der Waals surface area contributed by atoms with Crippen molar-refractivity contribution in [2.75, 3.05) is 0 Å². The van der Waals surface area contributed by atoms with Crippen molar-refractivity contribution in [1.29, 1.82) is 0 Å². The first-order valence-electron chi connectivity index (χ1n) is 5.70. The molecule has 3 nitrogen and oxygen atoms in total. The zero-order valence-corrected chi connectivity index (χ0v) is 11.5. The van der Waals surface area contributed by atoms with Crippen LogP contribution in [0.2, 0.25) is 0 Å². The Kier molecular flexibility index (Phi) is 3.80. The van der Waals surface area contributed by atoms with E-state index >= 15 is 0 Å². The number of ether oxygens (including phenoxy) is 1. The molecule has 7 heteroatoms. The van der Waals surface area contributed by atoms with E-state index in [0.717, 1.165) is 5.56 Å². The number of aromatic nitrogens is 2. The molecule has 2 rings (SSSR count). The smallest absolute Gasteiger partial charge is 0.405 e. The van der Waals surface area contributed by atoms with Crippen LogP contribution in [0.5, 0.6) is 5.75 Å². The van der Waals surface area contributed by atoms with E-state index < -0.39 is 6.36 Å². The Morgan fingerprint density at radius 1 is 1.15 bits per heavy atom. The minimum atomic E-state index is -4.75. The van der Waals surface area contributed by atoms with Gasteiger partial charge < -0.3 is 4.74 Å². The van der Waals surface area contributed by atoms with Gasteiger partial charge in [-0.05, 0) is 37.1 Å². The number of aromatic amines is 1. The second-order valence-corrected chi connectivity index (χ2v) is 4.60. The van der Waals surface area contributed by atoms with Gasteiger partial charge in [0.15, 0.2) is 0 Å². The topological polar surface area (TPSA) is 37.9 Å². The fraction of sp³-hybridized carbons (Fsp3) is 0.231. The fourth-order valence-corrected chi connectivity index (χ4v) is 1.96. The summed E-state index contributed by atoms with van der Waals surface area (Å²) in [5, 5.41) is 6.65. The molecule has 0 aliphatic rings. The third-order valence-corrected chi connectivity index (χ3v) is 3.29. The molecule has 0 amide bonds. The third kappa shape index (κ3) is 2.98. The largest absolute Gasteiger partial charge is 0.573 e. The van der Waals surface area contributed by atoms with Crippen LogP contribution in [-0.2, 0) is 0 Å². The number of halogens is 3. The predicted molar refractivity (Wildman–Crippen MR) is 71.0 cm³/mol. The van der Waals surface area contributed by atoms with Crippen LogP contribution in [0.15, 0.2) is 24.3 Å². The summed E-state index contributed by atoms with van der Waals surface area (Å²) >= 11 is 5.04. The lowest BCUT2D eigenvalue weighted by atomic mass is 10.0. The monoisotopic (exact) mass is 300 g/mol. The van der Waals surface area contributed by atoms with Gasteiger partial charge in [0.25, 0.3) is 0 Å². The summed E-state index contributed by atoms with van der Waals surface area (Å²) < 4.78 is 41.7. The zero-order chi connectivity index (χ0) is 14.9. The molecule has 1 N–H and O–H groups in total. The summed E-state index contributed by atoms with van der Waals surface area (Å²) in [6.45, 7) is 3.54. The molecule has 0 radical (unpaired) electrons. The highest BCUT2D eigenvalue weighted by atomic mass is 32.1. The average molecular weight is 300 g/mol. The average Bonchev–Trinajstić information content (AvgIpc) is 2.36. The van der Waals surface area contributed by atoms with Crippen LogP contribution in [0, 0.1) is 18.5 Å². The van der Waals surface area contributed by atoms with Gasteiger partial charge in [-0.25, -0.2) is 0 Å². The quantitative estimate of drug-likeness (QED) is 0.839. The molecule has 0 fully saturated rings. The van der Waals surface area contributed by atoms with Gasteiger partial charge in [-0.15, -0.1) is 13.2 Å². The minimum Gasteiger partial charge on any atom is -0.405 e. The SMILES string of the molecule is Cc1c(-c2ccccc2OC(F)(F)F)n[nH]c(=S)c1C. The zero-order valence-electron chi connectivity index (χ0n) is 10.7. The molecule has 1 aromatic heterocycles. The normalized spacial score (nSPS) is 11.4. The number of rotatable bonds is 2. The molecule has 0 unspecified atom stereocenters. The van der Waals surface area contributed by atoms with E-state index in [9.17, 15) is 13.2 Å². The standard InChI is InChI=1S/C13H11F3N2OS/c1-7-8(2)12(20)18-17-11(7)9-5-3-4-6-10(9)19-13(14,15)16/h3-6H,1-2H3,(H,18,20). The van der Waals surface area contributed by atoms with Gasteiger partial charge in [0.2, 0.25) is 0 Å². The van der Waals surface area contributed by atoms with E-state index in [2.05, 4.69) is 14.9 Å². The summed E-state index contributed by atoms with van der Waals surface area (Å²) in [5.41, 5.74) is 2.13. The van der Waals surface area contributed by atoms with Crippen molar-refractivity contribution in [3.63, 3.8) is 0 Å². The van der Waals surface area contributed by atoms with Gasteiger partial charge in [-0.3, -0.25) is 5.10 Å². The first-order chi connectivity index (χ1) is 9.29. The Labute approximate surface area is 118 Å². The summed E-state index contributed by atoms with van der Waals surface area (Å²) in [4.78, 5) is 0. The lowest BCUT2D eigenvalue weighted by molar-refractivity contribution is -0.274. The lowest BCUT2D eigenvalue weighted by Crippen LogP contribution is -2.17. The van der Waals surface area contributed by atoms with Crippen LogP contribution in [0.3, 0.4) is 0 Å². The number of H-pyrrole nitrogens is 1. The van der Waals surface area contributed by atoms with Crippen molar-refractivity contribution in [2.45, 2.75) is 20.2 Å². The highest BCUT2D eigenvalue weighted by Gasteiger charge is 2.32. The maximum Gasteiger partial charge on any atom is 0.573 e. The van der Waals surface area contributed by atoms with Crippen LogP contribution < -0.4 is 4.74 Å². The first-order valence-corrected chi connectivity index (χ1v) is 6.11. The van der Waals surface area contributed by atoms with Crippen molar-refractivity contribution in [1.82, 2.24) is 10.2 Å². The van der Waals surface area contributed by atoms with Crippen molar-refractivity contribution in [3.8, 4) is 17.0 Å². The van der Waals surface area contributed by atoms with Gasteiger partial charge in [-0.1, -0.05) is 24.4 Å². The maximum absolute atomic E-state index is 12.4. The molecule has 2 aromatic rings. The molecular formula is C13H11F3N2OS. The minimum absolute atomic E-state index is 0.261. The summed E-state index contributed by atoms with van der Waals surface area (Å²) in [6.07, 6.45) is -4.75. The molecule has 0 atom stereocenters. The summed E-state index contributed by atoms with van der Waals surface area (Å²) in [7, 11) is 0. The molecule has 0 saturated heterocycles. The Hall–Kier alpha value is -1.89. The molecule has 20 heavy (non-hydrogen) atoms. The number of nitrogens with zero attached hydrogens (tertiary/aromatic N) is 1. The molecule has 0 saturated carbocycles. The van der Waals surface area contributed by atoms with E-state index in [1.54, 1.807) is 19.9 Å². The Morgan fingerprint density at radius 2 is 1.80 bits per heavy atom. The second-order valence-electron chi connectivity index (χ2n) is 4.20. The Bertz CT molecular complexity index is 695. The molecule has 0 bridgehead atoms. The molecule has 0 aliphatic carbocycles. The molecule has 106 valence electrons. The van der Waals surface area contributed by atoms with E-state index in [1.807, 2.05) is 0 Å². The third-order valence-electron chi connectivity index (χ3n) is 2.90. The maximum atomic E-state index is 12.4. The fourth-order valence-electron chi connectivity index (χ4n) is 1.76. The summed E-state index contributed by atoms with van der Waals surface area (Å²) in [6, 6.07) is 5.86. The van der Waals surface area contributed by atoms with E-state index in [1.165, 1.54) is 18.2 Å². The van der Waals surface area contributed by atoms with E-state index in [-0.39, 0.29) is 11.3 Å². The number of para-hydroxylation sites is 1. The first kappa shape index (κ1) is 14.5. The lowest BCUT2D eigenvalue weighted by Gasteiger charge is -2.14. The van der Waals surface area contributed by atoms with Crippen LogP contribution in [0.1, 0.15) is 11.1 Å². The van der Waals surface area contributed by atoms with Gasteiger partial charge in [0, 0.05) is 5.56 Å². The number of benzene rings is 1. The van der Waals surface area contributed by atoms with Gasteiger partial charge in [0.1, 0.15) is 10.4 Å². The molecule has 1 heterocycles. The van der Waals surface area contributed by atoms with Crippen LogP contribution >= 0.6 is 12.2 Å². The summed E-state index contributed by atoms with van der Waals surface area (Å²) in [5.74, 6) is -0.291. The Morgan fingerprint density at radius 3 is 2.45 bits per heavy atom. The number of alkyl halides is 3.